The number of ketones is 1. The number of nitrogens with zero attached hydrogens (tertiary/aromatic N) is 1. The maximum absolute atomic E-state index is 14.7. The summed E-state index contributed by atoms with van der Waals surface area (Å²) in [6.45, 7) is 22.5. The van der Waals surface area contributed by atoms with E-state index in [4.69, 9.17) is 4.74 Å². The monoisotopic (exact) mass is 704 g/mol. The zero-order valence-corrected chi connectivity index (χ0v) is 32.2. The molecular weight excluding hydrogens is 645 g/mol. The number of allylic oxidation sites excluding steroid dienone is 3. The van der Waals surface area contributed by atoms with Crippen molar-refractivity contribution in [3.63, 3.8) is 0 Å². The van der Waals surface area contributed by atoms with Crippen LogP contribution in [0.1, 0.15) is 98.5 Å². The van der Waals surface area contributed by atoms with Crippen molar-refractivity contribution in [3.8, 4) is 5.75 Å². The van der Waals surface area contributed by atoms with E-state index in [2.05, 4.69) is 58.3 Å². The van der Waals surface area contributed by atoms with Gasteiger partial charge < -0.3 is 15.0 Å². The zero-order valence-electron chi connectivity index (χ0n) is 31.4. The molecule has 0 aromatic heterocycles. The Hall–Kier alpha value is -2.29. The van der Waals surface area contributed by atoms with Gasteiger partial charge in [0, 0.05) is 37.1 Å². The van der Waals surface area contributed by atoms with Crippen LogP contribution in [0.25, 0.3) is 5.57 Å². The molecule has 1 heterocycles. The van der Waals surface area contributed by atoms with Gasteiger partial charge in [-0.15, -0.1) is 0 Å². The van der Waals surface area contributed by atoms with E-state index in [0.717, 1.165) is 56.3 Å². The molecule has 5 fully saturated rings. The maximum atomic E-state index is 14.7. The van der Waals surface area contributed by atoms with Crippen molar-refractivity contribution in [2.45, 2.75) is 98.4 Å². The predicted octanol–water partition coefficient (Wildman–Crippen LogP) is 7.12. The van der Waals surface area contributed by atoms with Crippen molar-refractivity contribution in [1.82, 2.24) is 10.2 Å². The first-order valence-electron chi connectivity index (χ1n) is 19.3. The summed E-state index contributed by atoms with van der Waals surface area (Å²) in [5.41, 5.74) is 3.11. The number of ether oxygens (including phenoxy) is 1. The second kappa shape index (κ2) is 12.4. The second-order valence-corrected chi connectivity index (χ2v) is 20.7. The lowest BCUT2D eigenvalue weighted by Gasteiger charge is -2.72. The Balaban J connectivity index is 1.17. The zero-order chi connectivity index (χ0) is 35.9. The second-order valence-electron chi connectivity index (χ2n) is 18.4. The lowest BCUT2D eigenvalue weighted by atomic mass is 9.32. The van der Waals surface area contributed by atoms with Crippen LogP contribution in [0.2, 0.25) is 0 Å². The first-order chi connectivity index (χ1) is 23.5. The smallest absolute Gasteiger partial charge is 0.298 e. The maximum Gasteiger partial charge on any atom is 0.298 e. The molecule has 274 valence electrons. The average molecular weight is 705 g/mol. The van der Waals surface area contributed by atoms with Crippen LogP contribution in [0.4, 0.5) is 0 Å². The highest BCUT2D eigenvalue weighted by atomic mass is 32.2. The van der Waals surface area contributed by atoms with Gasteiger partial charge in [0.1, 0.15) is 5.75 Å². The molecule has 5 aliphatic carbocycles. The van der Waals surface area contributed by atoms with Crippen molar-refractivity contribution in [2.75, 3.05) is 37.7 Å². The van der Waals surface area contributed by atoms with Gasteiger partial charge in [-0.2, -0.15) is 0 Å². The molecule has 7 nitrogen and oxygen atoms in total. The molecule has 1 aliphatic heterocycles. The normalized spacial score (nSPS) is 41.9. The van der Waals surface area contributed by atoms with Gasteiger partial charge in [0.25, 0.3) is 6.47 Å². The molecule has 50 heavy (non-hydrogen) atoms. The minimum Gasteiger partial charge on any atom is -0.429 e. The minimum absolute atomic E-state index is 0.0553. The Kier molecular flexibility index (Phi) is 8.95. The highest BCUT2D eigenvalue weighted by molar-refractivity contribution is 7.91. The number of benzene rings is 1. The van der Waals surface area contributed by atoms with Gasteiger partial charge >= 0.3 is 0 Å². The average Bonchev–Trinajstić information content (AvgIpc) is 3.45. The SMILES string of the molecule is C=C(C)[C@@H]1CC[C@]2(NCCN3CCS(=O)(=O)CC3)CC[C@]3(C)[C@H](CC[C@@H]4[C@@]5(C)C(=O)C=C(c6ccc(OC=O)cc6)C(C)(C)[C@@H]5CC[C@]43C)[C@@H]12. The molecular formula is C42H60N2O5S. The Morgan fingerprint density at radius 1 is 0.940 bits per heavy atom. The number of sulfone groups is 1. The molecule has 1 aromatic rings. The summed E-state index contributed by atoms with van der Waals surface area (Å²) in [7, 11) is -2.88. The molecule has 0 amide bonds. The number of carbonyl (C=O) groups excluding carboxylic acids is 2. The molecule has 0 spiro atoms. The third-order valence-corrected chi connectivity index (χ3v) is 17.9. The summed E-state index contributed by atoms with van der Waals surface area (Å²) in [4.78, 5) is 27.9. The molecule has 6 aliphatic rings. The van der Waals surface area contributed by atoms with Gasteiger partial charge in [0.15, 0.2) is 15.6 Å². The fourth-order valence-electron chi connectivity index (χ4n) is 13.5. The highest BCUT2D eigenvalue weighted by Crippen LogP contribution is 2.76. The number of hydrogen-bond acceptors (Lipinski definition) is 7. The van der Waals surface area contributed by atoms with E-state index in [1.807, 2.05) is 30.3 Å². The highest BCUT2D eigenvalue weighted by Gasteiger charge is 2.71. The van der Waals surface area contributed by atoms with E-state index >= 15 is 0 Å². The minimum atomic E-state index is -2.88. The Labute approximate surface area is 301 Å². The lowest BCUT2D eigenvalue weighted by Crippen LogP contribution is -2.69. The summed E-state index contributed by atoms with van der Waals surface area (Å²) in [5, 5.41) is 4.17. The van der Waals surface area contributed by atoms with Gasteiger partial charge in [-0.25, -0.2) is 8.42 Å². The Morgan fingerprint density at radius 3 is 2.30 bits per heavy atom. The van der Waals surface area contributed by atoms with Crippen LogP contribution in [-0.2, 0) is 19.4 Å². The molecule has 9 atom stereocenters. The third kappa shape index (κ3) is 5.35. The van der Waals surface area contributed by atoms with Crippen LogP contribution >= 0.6 is 0 Å². The summed E-state index contributed by atoms with van der Waals surface area (Å²) in [5.74, 6) is 3.53. The number of rotatable bonds is 8. The van der Waals surface area contributed by atoms with Crippen LogP contribution in [0.5, 0.6) is 5.75 Å². The first kappa shape index (κ1) is 36.1. The van der Waals surface area contributed by atoms with Crippen LogP contribution in [0.3, 0.4) is 0 Å². The largest absolute Gasteiger partial charge is 0.429 e. The lowest BCUT2D eigenvalue weighted by molar-refractivity contribution is -0.216. The predicted molar refractivity (Wildman–Crippen MR) is 199 cm³/mol. The summed E-state index contributed by atoms with van der Waals surface area (Å²) < 4.78 is 29.1. The van der Waals surface area contributed by atoms with Crippen LogP contribution in [-0.4, -0.2) is 68.8 Å². The third-order valence-electron chi connectivity index (χ3n) is 16.3. The van der Waals surface area contributed by atoms with Crippen molar-refractivity contribution in [2.24, 2.45) is 51.2 Å². The van der Waals surface area contributed by atoms with E-state index in [9.17, 15) is 18.0 Å². The van der Waals surface area contributed by atoms with Crippen LogP contribution in [0.15, 0.2) is 42.5 Å². The van der Waals surface area contributed by atoms with Gasteiger partial charge in [-0.1, -0.05) is 58.9 Å². The number of carbonyl (C=O) groups is 2. The molecule has 1 aromatic carbocycles. The van der Waals surface area contributed by atoms with Gasteiger partial charge in [-0.05, 0) is 133 Å². The molecule has 1 saturated heterocycles. The van der Waals surface area contributed by atoms with Crippen LogP contribution in [0, 0.1) is 51.2 Å². The molecule has 0 bridgehead atoms. The van der Waals surface area contributed by atoms with E-state index in [1.54, 1.807) is 0 Å². The quantitative estimate of drug-likeness (QED) is 0.228. The molecule has 0 radical (unpaired) electrons. The molecule has 8 heteroatoms. The standard InChI is InChI=1S/C42H60N2O5S/c1-28(2)31-14-17-42(43-20-21-44-22-24-50(47,48)25-23-44)19-18-39(5)32(37(31)42)12-13-35-40(39,6)16-15-34-38(3,4)33(26-36(46)41(34,35)7)29-8-10-30(11-9-29)49-27-45/h8-11,26-27,31-32,34-35,37,43H,1,12-25H2,2-7H3/t31-,32+,34-,35-,37+,39+,40+,41-,42-/m0/s1. The van der Waals surface area contributed by atoms with Crippen molar-refractivity contribution < 1.29 is 22.7 Å². The number of fused-ring (bicyclic) bond motifs is 7. The fourth-order valence-corrected chi connectivity index (χ4v) is 14.7. The van der Waals surface area contributed by atoms with E-state index in [1.165, 1.54) is 24.8 Å². The topological polar surface area (TPSA) is 92.8 Å². The fraction of sp³-hybridized carbons (Fsp3) is 0.714. The molecule has 0 unspecified atom stereocenters. The van der Waals surface area contributed by atoms with Crippen molar-refractivity contribution in [1.29, 1.82) is 0 Å². The molecule has 1 N–H and O–H groups in total. The van der Waals surface area contributed by atoms with Gasteiger partial charge in [-0.3, -0.25) is 9.59 Å². The Morgan fingerprint density at radius 2 is 1.64 bits per heavy atom. The summed E-state index contributed by atoms with van der Waals surface area (Å²) in [6.07, 6.45) is 11.1. The summed E-state index contributed by atoms with van der Waals surface area (Å²) in [6, 6.07) is 7.61. The van der Waals surface area contributed by atoms with E-state index in [-0.39, 0.29) is 39.2 Å². The molecule has 4 saturated carbocycles. The summed E-state index contributed by atoms with van der Waals surface area (Å²) >= 11 is 0. The van der Waals surface area contributed by atoms with Gasteiger partial charge in [0.2, 0.25) is 0 Å². The van der Waals surface area contributed by atoms with E-state index in [0.29, 0.717) is 54.8 Å². The van der Waals surface area contributed by atoms with E-state index < -0.39 is 15.3 Å². The van der Waals surface area contributed by atoms with Gasteiger partial charge in [0.05, 0.1) is 11.5 Å². The van der Waals surface area contributed by atoms with Crippen molar-refractivity contribution >= 4 is 27.7 Å². The first-order valence-corrected chi connectivity index (χ1v) is 21.2. The Bertz CT molecular complexity index is 1670. The molecule has 7 rings (SSSR count). The number of nitrogens with one attached hydrogen (secondary N) is 1. The van der Waals surface area contributed by atoms with Crippen LogP contribution < -0.4 is 10.1 Å². The number of hydrogen-bond donors (Lipinski definition) is 1. The van der Waals surface area contributed by atoms with Crippen molar-refractivity contribution in [3.05, 3.63) is 48.1 Å².